The molecule has 2 aliphatic heterocycles. The SMILES string of the molecule is COC(=O)C1=C(C)NC(C)=C(C(=O)O[C@]2(C)CCN(CCC(c3ccccc3)c3ccccc3)C2)C1.Nc1ccccc1. The third-order valence-corrected chi connectivity index (χ3v) is 8.10. The van der Waals surface area contributed by atoms with Crippen molar-refractivity contribution in [3.63, 3.8) is 0 Å². The Bertz CT molecular complexity index is 1400. The van der Waals surface area contributed by atoms with Crippen LogP contribution < -0.4 is 11.1 Å². The van der Waals surface area contributed by atoms with Crippen LogP contribution in [-0.2, 0) is 19.1 Å². The Labute approximate surface area is 255 Å². The summed E-state index contributed by atoms with van der Waals surface area (Å²) in [5, 5.41) is 3.13. The summed E-state index contributed by atoms with van der Waals surface area (Å²) in [5.74, 6) is -0.484. The minimum Gasteiger partial charge on any atom is -0.466 e. The van der Waals surface area contributed by atoms with E-state index in [9.17, 15) is 9.59 Å². The number of dihydropyridines is 1. The maximum Gasteiger partial charge on any atom is 0.336 e. The number of likely N-dealkylation sites (tertiary alicyclic amines) is 1. The molecule has 3 N–H and O–H groups in total. The van der Waals surface area contributed by atoms with E-state index in [1.54, 1.807) is 0 Å². The number of nitrogens with one attached hydrogen (secondary N) is 1. The Hall–Kier alpha value is -4.36. The molecule has 0 radical (unpaired) electrons. The first-order valence-electron chi connectivity index (χ1n) is 14.8. The lowest BCUT2D eigenvalue weighted by atomic mass is 9.88. The van der Waals surface area contributed by atoms with Crippen molar-refractivity contribution >= 4 is 17.6 Å². The van der Waals surface area contributed by atoms with Crippen molar-refractivity contribution in [1.29, 1.82) is 0 Å². The number of benzene rings is 3. The average Bonchev–Trinajstić information content (AvgIpc) is 3.38. The summed E-state index contributed by atoms with van der Waals surface area (Å²) in [6, 6.07) is 30.7. The van der Waals surface area contributed by atoms with E-state index in [0.29, 0.717) is 29.3 Å². The molecule has 0 aliphatic carbocycles. The summed E-state index contributed by atoms with van der Waals surface area (Å²) < 4.78 is 10.9. The molecular weight excluding hydrogens is 538 g/mol. The van der Waals surface area contributed by atoms with Crippen LogP contribution in [0.1, 0.15) is 57.1 Å². The predicted molar refractivity (Wildman–Crippen MR) is 171 cm³/mol. The summed E-state index contributed by atoms with van der Waals surface area (Å²) in [5.41, 5.74) is 10.6. The number of carbonyl (C=O) groups excluding carboxylic acids is 2. The fraction of sp³-hybridized carbons (Fsp3) is 0.333. The Morgan fingerprint density at radius 3 is 1.86 bits per heavy atom. The van der Waals surface area contributed by atoms with Crippen LogP contribution in [0.5, 0.6) is 0 Å². The van der Waals surface area contributed by atoms with Crippen molar-refractivity contribution in [3.8, 4) is 0 Å². The summed E-state index contributed by atoms with van der Waals surface area (Å²) in [6.45, 7) is 8.14. The molecule has 7 heteroatoms. The standard InChI is InChI=1S/C30H36N2O4.C6H7N/c1-21-26(28(33)35-4)19-27(22(2)31-21)29(34)36-30(3)16-18-32(20-30)17-15-25(23-11-7-5-8-12-23)24-13-9-6-10-14-24;7-6-4-2-1-3-5-6/h5-14,25,31H,15-20H2,1-4H3;1-5H,7H2/t30-;/m1./s1. The van der Waals surface area contributed by atoms with Crippen LogP contribution in [0.2, 0.25) is 0 Å². The zero-order valence-corrected chi connectivity index (χ0v) is 25.6. The van der Waals surface area contributed by atoms with Crippen molar-refractivity contribution in [3.05, 3.63) is 125 Å². The van der Waals surface area contributed by atoms with Gasteiger partial charge in [-0.05, 0) is 57.0 Å². The molecule has 1 fully saturated rings. The molecule has 2 aliphatic rings. The van der Waals surface area contributed by atoms with Crippen LogP contribution in [0.25, 0.3) is 0 Å². The van der Waals surface area contributed by atoms with E-state index < -0.39 is 11.6 Å². The second-order valence-corrected chi connectivity index (χ2v) is 11.4. The monoisotopic (exact) mass is 581 g/mol. The first kappa shape index (κ1) is 31.6. The Morgan fingerprint density at radius 2 is 1.37 bits per heavy atom. The normalized spacial score (nSPS) is 18.5. The number of methoxy groups -OCH3 is 1. The number of nitrogens with zero attached hydrogens (tertiary/aromatic N) is 1. The fourth-order valence-corrected chi connectivity index (χ4v) is 5.69. The van der Waals surface area contributed by atoms with E-state index in [0.717, 1.165) is 37.3 Å². The Balaban J connectivity index is 0.000000530. The lowest BCUT2D eigenvalue weighted by molar-refractivity contribution is -0.152. The predicted octanol–water partition coefficient (Wildman–Crippen LogP) is 6.20. The molecule has 1 saturated heterocycles. The number of allylic oxidation sites excluding steroid dienone is 2. The van der Waals surface area contributed by atoms with Crippen LogP contribution in [-0.4, -0.2) is 49.2 Å². The van der Waals surface area contributed by atoms with E-state index in [2.05, 4.69) is 70.9 Å². The molecule has 3 aromatic carbocycles. The highest BCUT2D eigenvalue weighted by atomic mass is 16.6. The number of para-hydroxylation sites is 1. The molecule has 0 saturated carbocycles. The highest BCUT2D eigenvalue weighted by Crippen LogP contribution is 2.32. The first-order valence-corrected chi connectivity index (χ1v) is 14.8. The minimum absolute atomic E-state index is 0.214. The summed E-state index contributed by atoms with van der Waals surface area (Å²) >= 11 is 0. The van der Waals surface area contributed by atoms with Crippen LogP contribution in [0, 0.1) is 0 Å². The maximum atomic E-state index is 13.2. The number of ether oxygens (including phenoxy) is 2. The highest BCUT2D eigenvalue weighted by molar-refractivity contribution is 5.96. The first-order chi connectivity index (χ1) is 20.7. The summed E-state index contributed by atoms with van der Waals surface area (Å²) in [4.78, 5) is 27.7. The van der Waals surface area contributed by atoms with Gasteiger partial charge >= 0.3 is 11.9 Å². The van der Waals surface area contributed by atoms with E-state index >= 15 is 0 Å². The lowest BCUT2D eigenvalue weighted by Gasteiger charge is -2.28. The molecule has 226 valence electrons. The Morgan fingerprint density at radius 1 is 0.860 bits per heavy atom. The Kier molecular flexibility index (Phi) is 10.8. The van der Waals surface area contributed by atoms with Crippen LogP contribution in [0.3, 0.4) is 0 Å². The van der Waals surface area contributed by atoms with E-state index in [1.165, 1.54) is 18.2 Å². The number of rotatable bonds is 8. The largest absolute Gasteiger partial charge is 0.466 e. The second-order valence-electron chi connectivity index (χ2n) is 11.4. The van der Waals surface area contributed by atoms with Crippen molar-refractivity contribution < 1.29 is 19.1 Å². The van der Waals surface area contributed by atoms with Gasteiger partial charge < -0.3 is 20.5 Å². The van der Waals surface area contributed by atoms with Crippen LogP contribution in [0.15, 0.2) is 114 Å². The molecular formula is C36H43N3O4. The second kappa shape index (κ2) is 14.7. The number of hydrogen-bond donors (Lipinski definition) is 2. The maximum absolute atomic E-state index is 13.2. The summed E-state index contributed by atoms with van der Waals surface area (Å²) in [6.07, 6.45) is 1.98. The van der Waals surface area contributed by atoms with Gasteiger partial charge in [0.05, 0.1) is 18.3 Å². The quantitative estimate of drug-likeness (QED) is 0.242. The molecule has 0 spiro atoms. The molecule has 0 unspecified atom stereocenters. The van der Waals surface area contributed by atoms with Gasteiger partial charge in [-0.2, -0.15) is 0 Å². The summed E-state index contributed by atoms with van der Waals surface area (Å²) in [7, 11) is 1.35. The molecule has 1 atom stereocenters. The van der Waals surface area contributed by atoms with Crippen molar-refractivity contribution in [1.82, 2.24) is 10.2 Å². The molecule has 5 rings (SSSR count). The number of carbonyl (C=O) groups is 2. The fourth-order valence-electron chi connectivity index (χ4n) is 5.69. The van der Waals surface area contributed by atoms with Gasteiger partial charge in [-0.25, -0.2) is 9.59 Å². The number of hydrogen-bond acceptors (Lipinski definition) is 7. The van der Waals surface area contributed by atoms with Gasteiger partial charge in [0.2, 0.25) is 0 Å². The third-order valence-electron chi connectivity index (χ3n) is 8.10. The van der Waals surface area contributed by atoms with Gasteiger partial charge in [0.25, 0.3) is 0 Å². The van der Waals surface area contributed by atoms with Crippen molar-refractivity contribution in [2.75, 3.05) is 32.5 Å². The molecule has 3 aromatic rings. The number of esters is 2. The van der Waals surface area contributed by atoms with Gasteiger partial charge in [-0.15, -0.1) is 0 Å². The smallest absolute Gasteiger partial charge is 0.336 e. The van der Waals surface area contributed by atoms with Crippen LogP contribution in [0.4, 0.5) is 5.69 Å². The van der Waals surface area contributed by atoms with Crippen LogP contribution >= 0.6 is 0 Å². The van der Waals surface area contributed by atoms with Gasteiger partial charge in [0, 0.05) is 48.9 Å². The van der Waals surface area contributed by atoms with Gasteiger partial charge in [-0.3, -0.25) is 4.90 Å². The van der Waals surface area contributed by atoms with Crippen molar-refractivity contribution in [2.24, 2.45) is 0 Å². The van der Waals surface area contributed by atoms with Crippen molar-refractivity contribution in [2.45, 2.75) is 51.6 Å². The van der Waals surface area contributed by atoms with Gasteiger partial charge in [-0.1, -0.05) is 78.9 Å². The molecule has 0 amide bonds. The van der Waals surface area contributed by atoms with E-state index in [1.807, 2.05) is 51.1 Å². The zero-order chi connectivity index (χ0) is 30.8. The third kappa shape index (κ3) is 8.58. The highest BCUT2D eigenvalue weighted by Gasteiger charge is 2.39. The minimum atomic E-state index is -0.568. The number of nitrogens with two attached hydrogens (primary N) is 1. The average molecular weight is 582 g/mol. The number of anilines is 1. The lowest BCUT2D eigenvalue weighted by Crippen LogP contribution is -2.37. The topological polar surface area (TPSA) is 93.9 Å². The molecule has 0 bridgehead atoms. The number of nitrogen functional groups attached to an aromatic ring is 1. The molecule has 43 heavy (non-hydrogen) atoms. The molecule has 0 aromatic heterocycles. The van der Waals surface area contributed by atoms with Gasteiger partial charge in [0.15, 0.2) is 0 Å². The zero-order valence-electron chi connectivity index (χ0n) is 25.6. The van der Waals surface area contributed by atoms with E-state index in [-0.39, 0.29) is 12.4 Å². The molecule has 7 nitrogen and oxygen atoms in total. The van der Waals surface area contributed by atoms with Gasteiger partial charge in [0.1, 0.15) is 5.60 Å². The van der Waals surface area contributed by atoms with E-state index in [4.69, 9.17) is 15.2 Å². The molecule has 2 heterocycles.